The summed E-state index contributed by atoms with van der Waals surface area (Å²) in [6.07, 6.45) is 0. The van der Waals surface area contributed by atoms with Gasteiger partial charge in [-0.3, -0.25) is 0 Å². The monoisotopic (exact) mass is 507 g/mol. The number of hydrogen-bond donors (Lipinski definition) is 0. The zero-order valence-corrected chi connectivity index (χ0v) is 21.6. The Hall–Kier alpha value is -5.22. The Labute approximate surface area is 231 Å². The molecule has 0 radical (unpaired) electrons. The van der Waals surface area contributed by atoms with Crippen LogP contribution in [-0.2, 0) is 0 Å². The van der Waals surface area contributed by atoms with Gasteiger partial charge in [0.2, 0.25) is 0 Å². The molecule has 0 amide bonds. The van der Waals surface area contributed by atoms with Crippen LogP contribution in [0.1, 0.15) is 0 Å². The maximum absolute atomic E-state index is 2.60. The highest BCUT2D eigenvalue weighted by Gasteiger charge is 2.45. The zero-order chi connectivity index (χ0) is 25.9. The largest absolute Gasteiger partial charge is 0.421 e. The molecule has 2 aliphatic heterocycles. The fourth-order valence-electron chi connectivity index (χ4n) is 7.57. The number of rotatable bonds is 1. The third-order valence-corrected chi connectivity index (χ3v) is 9.04. The van der Waals surface area contributed by atoms with Gasteiger partial charge in [-0.2, -0.15) is 0 Å². The highest BCUT2D eigenvalue weighted by Crippen LogP contribution is 2.52. The molecule has 0 N–H and O–H groups in total. The van der Waals surface area contributed by atoms with Gasteiger partial charge in [0.15, 0.2) is 0 Å². The molecule has 0 atom stereocenters. The fourth-order valence-corrected chi connectivity index (χ4v) is 7.57. The van der Waals surface area contributed by atoms with E-state index in [0.717, 1.165) is 0 Å². The van der Waals surface area contributed by atoms with Crippen molar-refractivity contribution < 1.29 is 0 Å². The summed E-state index contributed by atoms with van der Waals surface area (Å²) in [5.41, 5.74) is 12.8. The van der Waals surface area contributed by atoms with Crippen molar-refractivity contribution in [3.63, 3.8) is 0 Å². The average Bonchev–Trinajstić information content (AvgIpc) is 3.66. The Morgan fingerprint density at radius 2 is 1.15 bits per heavy atom. The van der Waals surface area contributed by atoms with Crippen molar-refractivity contribution >= 4 is 67.4 Å². The van der Waals surface area contributed by atoms with Crippen molar-refractivity contribution in [1.29, 1.82) is 0 Å². The Bertz CT molecular complexity index is 2340. The lowest BCUT2D eigenvalue weighted by Gasteiger charge is -2.34. The van der Waals surface area contributed by atoms with E-state index in [1.165, 1.54) is 77.3 Å². The second-order valence-electron chi connectivity index (χ2n) is 10.9. The number of fused-ring (bicyclic) bond motifs is 15. The molecule has 40 heavy (non-hydrogen) atoms. The summed E-state index contributed by atoms with van der Waals surface area (Å²) in [6, 6.07) is 48.9. The molecule has 0 saturated carbocycles. The first kappa shape index (κ1) is 20.7. The Kier molecular flexibility index (Phi) is 3.75. The van der Waals surface area contributed by atoms with Crippen LogP contribution in [0.25, 0.3) is 60.4 Å². The molecular formula is C36H22BN3. The minimum absolute atomic E-state index is 0.0615. The van der Waals surface area contributed by atoms with Gasteiger partial charge in [-0.15, -0.1) is 0 Å². The number of anilines is 2. The van der Waals surface area contributed by atoms with Gasteiger partial charge >= 0.3 is 6.98 Å². The van der Waals surface area contributed by atoms with Gasteiger partial charge in [0.1, 0.15) is 0 Å². The van der Waals surface area contributed by atoms with E-state index in [0.29, 0.717) is 0 Å². The highest BCUT2D eigenvalue weighted by molar-refractivity contribution is 6.82. The minimum atomic E-state index is 0.0615. The second kappa shape index (κ2) is 7.25. The van der Waals surface area contributed by atoms with Crippen LogP contribution in [0.3, 0.4) is 0 Å². The smallest absolute Gasteiger partial charge is 0.359 e. The quantitative estimate of drug-likeness (QED) is 0.204. The van der Waals surface area contributed by atoms with E-state index in [-0.39, 0.29) is 6.98 Å². The summed E-state index contributed by atoms with van der Waals surface area (Å²) >= 11 is 0. The molecule has 2 aromatic heterocycles. The normalized spacial score (nSPS) is 13.4. The number of nitrogens with zero attached hydrogens (tertiary/aromatic N) is 3. The molecule has 184 valence electrons. The van der Waals surface area contributed by atoms with Gasteiger partial charge in [-0.05, 0) is 47.4 Å². The lowest BCUT2D eigenvalue weighted by atomic mass is 9.60. The molecule has 2 aliphatic rings. The van der Waals surface area contributed by atoms with Crippen LogP contribution in [0.2, 0.25) is 0 Å². The first-order valence-electron chi connectivity index (χ1n) is 13.9. The van der Waals surface area contributed by atoms with Gasteiger partial charge in [0, 0.05) is 44.0 Å². The van der Waals surface area contributed by atoms with Crippen LogP contribution in [0.15, 0.2) is 133 Å². The van der Waals surface area contributed by atoms with E-state index in [1.807, 2.05) is 0 Å². The van der Waals surface area contributed by atoms with Crippen LogP contribution in [-0.4, -0.2) is 16.0 Å². The molecular weight excluding hydrogens is 485 g/mol. The van der Waals surface area contributed by atoms with E-state index in [1.54, 1.807) is 0 Å². The number of aromatic nitrogens is 2. The summed E-state index contributed by atoms with van der Waals surface area (Å²) < 4.78 is 5.07. The highest BCUT2D eigenvalue weighted by atomic mass is 15.2. The predicted octanol–water partition coefficient (Wildman–Crippen LogP) is 8.27. The first-order chi connectivity index (χ1) is 19.9. The number of para-hydroxylation sites is 4. The fraction of sp³-hybridized carbons (Fsp3) is 0. The van der Waals surface area contributed by atoms with E-state index in [9.17, 15) is 0 Å². The molecule has 0 aliphatic carbocycles. The van der Waals surface area contributed by atoms with Crippen molar-refractivity contribution in [3.8, 4) is 16.8 Å². The number of hydrogen-bond acceptors (Lipinski definition) is 1. The molecule has 10 rings (SSSR count). The van der Waals surface area contributed by atoms with Gasteiger partial charge in [-0.25, -0.2) is 0 Å². The van der Waals surface area contributed by atoms with E-state index < -0.39 is 0 Å². The molecule has 0 bridgehead atoms. The van der Waals surface area contributed by atoms with Crippen molar-refractivity contribution in [2.75, 3.05) is 4.81 Å². The van der Waals surface area contributed by atoms with E-state index >= 15 is 0 Å². The maximum atomic E-state index is 2.60. The Morgan fingerprint density at radius 1 is 0.475 bits per heavy atom. The van der Waals surface area contributed by atoms with Crippen LogP contribution in [0.4, 0.5) is 11.4 Å². The number of benzene rings is 6. The topological polar surface area (TPSA) is 13.1 Å². The second-order valence-corrected chi connectivity index (χ2v) is 10.9. The molecule has 0 spiro atoms. The van der Waals surface area contributed by atoms with Crippen molar-refractivity contribution in [1.82, 2.24) is 9.05 Å². The van der Waals surface area contributed by atoms with Crippen LogP contribution >= 0.6 is 0 Å². The minimum Gasteiger partial charge on any atom is -0.359 e. The standard InChI is InChI=1S/C36H22BN3/c1-2-12-23(13-3-1)38-30-19-9-5-16-26(30)28-22-33-36-34(35(28)38)27-17-7-11-21-32(27)40(36)37-29-18-8-4-14-24(29)25-15-6-10-20-31(25)39(33)37/h1-22H. The first-order valence-corrected chi connectivity index (χ1v) is 13.9. The molecule has 6 aromatic carbocycles. The summed E-state index contributed by atoms with van der Waals surface area (Å²) in [7, 11) is 0. The van der Waals surface area contributed by atoms with Gasteiger partial charge in [0.25, 0.3) is 0 Å². The van der Waals surface area contributed by atoms with E-state index in [4.69, 9.17) is 0 Å². The summed E-state index contributed by atoms with van der Waals surface area (Å²) in [6.45, 7) is 0.0615. The SMILES string of the molecule is c1ccc(-n2c3ccccc3c3cc4c5c(c6ccccc6n5B5c6ccccc6-c6ccccc6N54)c32)cc1. The molecule has 3 nitrogen and oxygen atoms in total. The third kappa shape index (κ3) is 2.35. The van der Waals surface area contributed by atoms with Crippen molar-refractivity contribution in [3.05, 3.63) is 133 Å². The molecule has 0 fully saturated rings. The molecule has 4 heterocycles. The van der Waals surface area contributed by atoms with Gasteiger partial charge < -0.3 is 13.9 Å². The third-order valence-electron chi connectivity index (χ3n) is 9.04. The Morgan fingerprint density at radius 3 is 2.02 bits per heavy atom. The summed E-state index contributed by atoms with van der Waals surface area (Å²) in [4.78, 5) is 2.58. The van der Waals surface area contributed by atoms with Gasteiger partial charge in [-0.1, -0.05) is 97.1 Å². The maximum Gasteiger partial charge on any atom is 0.421 e. The average molecular weight is 507 g/mol. The van der Waals surface area contributed by atoms with Crippen molar-refractivity contribution in [2.45, 2.75) is 0 Å². The van der Waals surface area contributed by atoms with Crippen molar-refractivity contribution in [2.24, 2.45) is 0 Å². The lowest BCUT2D eigenvalue weighted by molar-refractivity contribution is 1.19. The zero-order valence-electron chi connectivity index (χ0n) is 21.6. The molecule has 4 heteroatoms. The van der Waals surface area contributed by atoms with Crippen LogP contribution in [0.5, 0.6) is 0 Å². The summed E-state index contributed by atoms with van der Waals surface area (Å²) in [5.74, 6) is 0. The van der Waals surface area contributed by atoms with E-state index in [2.05, 4.69) is 147 Å². The lowest BCUT2D eigenvalue weighted by Crippen LogP contribution is -2.51. The molecule has 0 saturated heterocycles. The molecule has 8 aromatic rings. The Balaban J connectivity index is 1.47. The summed E-state index contributed by atoms with van der Waals surface area (Å²) in [5, 5.41) is 5.21. The van der Waals surface area contributed by atoms with Gasteiger partial charge in [0.05, 0.1) is 22.2 Å². The van der Waals surface area contributed by atoms with Crippen LogP contribution in [0, 0.1) is 0 Å². The molecule has 0 unspecified atom stereocenters. The van der Waals surface area contributed by atoms with Crippen LogP contribution < -0.4 is 10.3 Å². The predicted molar refractivity (Wildman–Crippen MR) is 169 cm³/mol.